The zero-order valence-electron chi connectivity index (χ0n) is 11.8. The van der Waals surface area contributed by atoms with Gasteiger partial charge in [0.2, 0.25) is 11.8 Å². The van der Waals surface area contributed by atoms with E-state index in [2.05, 4.69) is 0 Å². The lowest BCUT2D eigenvalue weighted by molar-refractivity contribution is -0.138. The summed E-state index contributed by atoms with van der Waals surface area (Å²) in [6.07, 6.45) is 2.40. The number of benzene rings is 1. The third-order valence-electron chi connectivity index (χ3n) is 3.56. The SMILES string of the molecule is CN(CC(=O)N1CCCC1)C(=O)Cc1cccc(N)c1. The Labute approximate surface area is 119 Å². The molecule has 5 heteroatoms. The number of hydrogen-bond acceptors (Lipinski definition) is 3. The highest BCUT2D eigenvalue weighted by Crippen LogP contribution is 2.10. The van der Waals surface area contributed by atoms with Gasteiger partial charge in [0.15, 0.2) is 0 Å². The molecular formula is C15H21N3O2. The van der Waals surface area contributed by atoms with Crippen molar-refractivity contribution in [3.63, 3.8) is 0 Å². The van der Waals surface area contributed by atoms with Crippen LogP contribution in [-0.2, 0) is 16.0 Å². The molecule has 1 fully saturated rings. The second-order valence-electron chi connectivity index (χ2n) is 5.26. The van der Waals surface area contributed by atoms with Crippen molar-refractivity contribution in [2.24, 2.45) is 0 Å². The summed E-state index contributed by atoms with van der Waals surface area (Å²) in [4.78, 5) is 27.4. The lowest BCUT2D eigenvalue weighted by Gasteiger charge is -2.21. The Bertz CT molecular complexity index is 496. The molecule has 1 heterocycles. The molecule has 1 aromatic carbocycles. The minimum Gasteiger partial charge on any atom is -0.399 e. The predicted octanol–water partition coefficient (Wildman–Crippen LogP) is 0.892. The predicted molar refractivity (Wildman–Crippen MR) is 78.0 cm³/mol. The largest absolute Gasteiger partial charge is 0.399 e. The summed E-state index contributed by atoms with van der Waals surface area (Å²) in [5.74, 6) is -0.0333. The Morgan fingerprint density at radius 1 is 1.30 bits per heavy atom. The molecule has 2 rings (SSSR count). The van der Waals surface area contributed by atoms with Crippen LogP contribution in [0, 0.1) is 0 Å². The number of nitrogens with two attached hydrogens (primary N) is 1. The number of anilines is 1. The van der Waals surface area contributed by atoms with E-state index in [9.17, 15) is 9.59 Å². The van der Waals surface area contributed by atoms with E-state index in [1.165, 1.54) is 4.90 Å². The van der Waals surface area contributed by atoms with Crippen LogP contribution in [0.2, 0.25) is 0 Å². The van der Waals surface area contributed by atoms with Crippen LogP contribution in [0.4, 0.5) is 5.69 Å². The van der Waals surface area contributed by atoms with E-state index < -0.39 is 0 Å². The van der Waals surface area contributed by atoms with Crippen LogP contribution in [0.15, 0.2) is 24.3 Å². The summed E-state index contributed by atoms with van der Waals surface area (Å²) in [5, 5.41) is 0. The summed E-state index contributed by atoms with van der Waals surface area (Å²) in [6, 6.07) is 7.26. The lowest BCUT2D eigenvalue weighted by atomic mass is 10.1. The van der Waals surface area contributed by atoms with E-state index >= 15 is 0 Å². The van der Waals surface area contributed by atoms with Crippen molar-refractivity contribution in [2.45, 2.75) is 19.3 Å². The van der Waals surface area contributed by atoms with Gasteiger partial charge in [-0.3, -0.25) is 9.59 Å². The summed E-state index contributed by atoms with van der Waals surface area (Å²) < 4.78 is 0. The summed E-state index contributed by atoms with van der Waals surface area (Å²) in [5.41, 5.74) is 7.20. The fraction of sp³-hybridized carbons (Fsp3) is 0.467. The number of amides is 2. The molecule has 2 amide bonds. The quantitative estimate of drug-likeness (QED) is 0.830. The summed E-state index contributed by atoms with van der Waals surface area (Å²) >= 11 is 0. The molecule has 0 aromatic heterocycles. The van der Waals surface area contributed by atoms with Crippen LogP contribution < -0.4 is 5.73 Å². The van der Waals surface area contributed by atoms with E-state index in [1.54, 1.807) is 19.2 Å². The molecule has 0 spiro atoms. The molecule has 5 nitrogen and oxygen atoms in total. The van der Waals surface area contributed by atoms with Crippen LogP contribution in [-0.4, -0.2) is 48.3 Å². The van der Waals surface area contributed by atoms with Gasteiger partial charge in [-0.25, -0.2) is 0 Å². The molecule has 1 aliphatic heterocycles. The molecule has 1 aromatic rings. The van der Waals surface area contributed by atoms with Crippen molar-refractivity contribution in [3.8, 4) is 0 Å². The van der Waals surface area contributed by atoms with Gasteiger partial charge in [-0.05, 0) is 30.5 Å². The molecule has 108 valence electrons. The Morgan fingerprint density at radius 2 is 2.00 bits per heavy atom. The number of rotatable bonds is 4. The normalized spacial score (nSPS) is 14.3. The van der Waals surface area contributed by atoms with E-state index in [0.29, 0.717) is 5.69 Å². The standard InChI is InChI=1S/C15H21N3O2/c1-17(11-15(20)18-7-2-3-8-18)14(19)10-12-5-4-6-13(16)9-12/h4-6,9H,2-3,7-8,10-11,16H2,1H3. The minimum absolute atomic E-state index is 0.0333. The van der Waals surface area contributed by atoms with Crippen molar-refractivity contribution in [3.05, 3.63) is 29.8 Å². The van der Waals surface area contributed by atoms with Gasteiger partial charge in [0.25, 0.3) is 0 Å². The number of carbonyl (C=O) groups is 2. The zero-order valence-corrected chi connectivity index (χ0v) is 11.8. The zero-order chi connectivity index (χ0) is 14.5. The molecule has 0 atom stereocenters. The molecule has 2 N–H and O–H groups in total. The Balaban J connectivity index is 1.86. The van der Waals surface area contributed by atoms with E-state index in [0.717, 1.165) is 31.5 Å². The van der Waals surface area contributed by atoms with Crippen molar-refractivity contribution < 1.29 is 9.59 Å². The second kappa shape index (κ2) is 6.41. The molecular weight excluding hydrogens is 254 g/mol. The van der Waals surface area contributed by atoms with Gasteiger partial charge in [-0.15, -0.1) is 0 Å². The maximum atomic E-state index is 12.1. The number of nitrogens with zero attached hydrogens (tertiary/aromatic N) is 2. The number of carbonyl (C=O) groups excluding carboxylic acids is 2. The molecule has 0 unspecified atom stereocenters. The summed E-state index contributed by atoms with van der Waals surface area (Å²) in [7, 11) is 1.67. The highest BCUT2D eigenvalue weighted by molar-refractivity contribution is 5.85. The smallest absolute Gasteiger partial charge is 0.242 e. The fourth-order valence-electron chi connectivity index (χ4n) is 2.37. The van der Waals surface area contributed by atoms with Gasteiger partial charge in [-0.2, -0.15) is 0 Å². The summed E-state index contributed by atoms with van der Waals surface area (Å²) in [6.45, 7) is 1.79. The Hall–Kier alpha value is -2.04. The molecule has 0 aliphatic carbocycles. The molecule has 0 saturated carbocycles. The molecule has 0 radical (unpaired) electrons. The van der Waals surface area contributed by atoms with E-state index in [1.807, 2.05) is 17.0 Å². The van der Waals surface area contributed by atoms with E-state index in [-0.39, 0.29) is 24.8 Å². The van der Waals surface area contributed by atoms with Crippen LogP contribution >= 0.6 is 0 Å². The first kappa shape index (κ1) is 14.4. The molecule has 1 saturated heterocycles. The van der Waals surface area contributed by atoms with Gasteiger partial charge in [0, 0.05) is 25.8 Å². The van der Waals surface area contributed by atoms with Crippen LogP contribution in [0.1, 0.15) is 18.4 Å². The lowest BCUT2D eigenvalue weighted by Crippen LogP contribution is -2.40. The van der Waals surface area contributed by atoms with Crippen molar-refractivity contribution in [1.82, 2.24) is 9.80 Å². The number of likely N-dealkylation sites (tertiary alicyclic amines) is 1. The number of hydrogen-bond donors (Lipinski definition) is 1. The third kappa shape index (κ3) is 3.73. The number of likely N-dealkylation sites (N-methyl/N-ethyl adjacent to an activating group) is 1. The Morgan fingerprint density at radius 3 is 2.65 bits per heavy atom. The third-order valence-corrected chi connectivity index (χ3v) is 3.56. The monoisotopic (exact) mass is 275 g/mol. The first-order valence-electron chi connectivity index (χ1n) is 6.92. The van der Waals surface area contributed by atoms with Gasteiger partial charge < -0.3 is 15.5 Å². The van der Waals surface area contributed by atoms with E-state index in [4.69, 9.17) is 5.73 Å². The van der Waals surface area contributed by atoms with Gasteiger partial charge >= 0.3 is 0 Å². The van der Waals surface area contributed by atoms with Gasteiger partial charge in [-0.1, -0.05) is 12.1 Å². The second-order valence-corrected chi connectivity index (χ2v) is 5.26. The van der Waals surface area contributed by atoms with Crippen LogP contribution in [0.5, 0.6) is 0 Å². The molecule has 1 aliphatic rings. The van der Waals surface area contributed by atoms with Crippen molar-refractivity contribution in [2.75, 3.05) is 32.4 Å². The van der Waals surface area contributed by atoms with Crippen LogP contribution in [0.25, 0.3) is 0 Å². The fourth-order valence-corrected chi connectivity index (χ4v) is 2.37. The first-order chi connectivity index (χ1) is 9.56. The maximum Gasteiger partial charge on any atom is 0.242 e. The molecule has 0 bridgehead atoms. The number of nitrogen functional groups attached to an aromatic ring is 1. The first-order valence-corrected chi connectivity index (χ1v) is 6.92. The highest BCUT2D eigenvalue weighted by atomic mass is 16.2. The Kier molecular flexibility index (Phi) is 4.61. The topological polar surface area (TPSA) is 66.6 Å². The van der Waals surface area contributed by atoms with Gasteiger partial charge in [0.1, 0.15) is 0 Å². The van der Waals surface area contributed by atoms with Crippen LogP contribution in [0.3, 0.4) is 0 Å². The van der Waals surface area contributed by atoms with Crippen molar-refractivity contribution >= 4 is 17.5 Å². The maximum absolute atomic E-state index is 12.1. The average Bonchev–Trinajstić information content (AvgIpc) is 2.92. The average molecular weight is 275 g/mol. The highest BCUT2D eigenvalue weighted by Gasteiger charge is 2.21. The van der Waals surface area contributed by atoms with Gasteiger partial charge in [0.05, 0.1) is 13.0 Å². The minimum atomic E-state index is -0.0665. The van der Waals surface area contributed by atoms with Crippen molar-refractivity contribution in [1.29, 1.82) is 0 Å². The molecule has 20 heavy (non-hydrogen) atoms.